The maximum Gasteiger partial charge on any atom is 0.631 e. The molecule has 0 aliphatic heterocycles. The van der Waals surface area contributed by atoms with Crippen molar-refractivity contribution in [2.24, 2.45) is 0 Å². The SMILES string of the molecule is COC.OB(O)O.OCCOCCOCCO. The van der Waals surface area contributed by atoms with E-state index in [1.807, 2.05) is 0 Å². The Balaban J connectivity index is -0.000000232. The second kappa shape index (κ2) is 24.8. The molecule has 0 heterocycles. The molecule has 106 valence electrons. The van der Waals surface area contributed by atoms with Crippen molar-refractivity contribution in [3.8, 4) is 0 Å². The Morgan fingerprint density at radius 2 is 1.00 bits per heavy atom. The average molecular weight is 258 g/mol. The van der Waals surface area contributed by atoms with Crippen molar-refractivity contribution in [3.63, 3.8) is 0 Å². The first-order chi connectivity index (χ1) is 8.06. The van der Waals surface area contributed by atoms with Crippen LogP contribution >= 0.6 is 0 Å². The summed E-state index contributed by atoms with van der Waals surface area (Å²) in [6, 6.07) is 0. The summed E-state index contributed by atoms with van der Waals surface area (Å²) in [6.07, 6.45) is 0. The topological polar surface area (TPSA) is 129 Å². The zero-order valence-corrected chi connectivity index (χ0v) is 10.3. The molecule has 0 radical (unpaired) electrons. The van der Waals surface area contributed by atoms with Crippen LogP contribution in [-0.2, 0) is 14.2 Å². The molecule has 0 unspecified atom stereocenters. The molecule has 0 aromatic heterocycles. The Kier molecular flexibility index (Phi) is 32.1. The van der Waals surface area contributed by atoms with Gasteiger partial charge in [0.15, 0.2) is 0 Å². The minimum atomic E-state index is -2.17. The zero-order valence-electron chi connectivity index (χ0n) is 10.3. The Bertz CT molecular complexity index is 94.8. The van der Waals surface area contributed by atoms with E-state index in [-0.39, 0.29) is 13.2 Å². The summed E-state index contributed by atoms with van der Waals surface area (Å²) >= 11 is 0. The molecule has 17 heavy (non-hydrogen) atoms. The molecule has 0 fully saturated rings. The fourth-order valence-electron chi connectivity index (χ4n) is 0.451. The normalized spacial score (nSPS) is 8.65. The van der Waals surface area contributed by atoms with E-state index in [4.69, 9.17) is 34.8 Å². The van der Waals surface area contributed by atoms with Crippen molar-refractivity contribution < 1.29 is 39.5 Å². The van der Waals surface area contributed by atoms with Gasteiger partial charge in [-0.05, 0) is 0 Å². The standard InChI is InChI=1S/C6H14O4.C2H6O.BH3O3/c7-1-3-9-5-6-10-4-2-8;1-3-2;2-1(3)4/h7-8H,1-6H2;1-2H3;2-4H. The monoisotopic (exact) mass is 258 g/mol. The van der Waals surface area contributed by atoms with E-state index in [2.05, 4.69) is 4.74 Å². The molecule has 8 nitrogen and oxygen atoms in total. The van der Waals surface area contributed by atoms with Gasteiger partial charge in [-0.15, -0.1) is 0 Å². The van der Waals surface area contributed by atoms with Gasteiger partial charge in [-0.2, -0.15) is 0 Å². The highest BCUT2D eigenvalue weighted by Crippen LogP contribution is 1.76. The lowest BCUT2D eigenvalue weighted by molar-refractivity contribution is 0.0222. The highest BCUT2D eigenvalue weighted by molar-refractivity contribution is 6.30. The molecule has 0 aliphatic carbocycles. The highest BCUT2D eigenvalue weighted by Gasteiger charge is 1.92. The third-order valence-corrected chi connectivity index (χ3v) is 0.843. The molecule has 0 spiro atoms. The van der Waals surface area contributed by atoms with E-state index < -0.39 is 7.32 Å². The molecule has 0 atom stereocenters. The third-order valence-electron chi connectivity index (χ3n) is 0.843. The van der Waals surface area contributed by atoms with Gasteiger partial charge in [0.05, 0.1) is 39.6 Å². The van der Waals surface area contributed by atoms with E-state index in [9.17, 15) is 0 Å². The maximum absolute atomic E-state index is 8.26. The Morgan fingerprint density at radius 3 is 1.18 bits per heavy atom. The third kappa shape index (κ3) is 65.4. The molecule has 0 saturated heterocycles. The largest absolute Gasteiger partial charge is 0.631 e. The van der Waals surface area contributed by atoms with Crippen molar-refractivity contribution in [3.05, 3.63) is 0 Å². The smallest absolute Gasteiger partial charge is 0.402 e. The van der Waals surface area contributed by atoms with Crippen molar-refractivity contribution >= 4 is 7.32 Å². The Morgan fingerprint density at radius 1 is 0.765 bits per heavy atom. The van der Waals surface area contributed by atoms with Gasteiger partial charge in [-0.25, -0.2) is 0 Å². The predicted molar refractivity (Wildman–Crippen MR) is 61.2 cm³/mol. The molecule has 0 rings (SSSR count). The summed E-state index contributed by atoms with van der Waals surface area (Å²) in [4.78, 5) is 0. The van der Waals surface area contributed by atoms with Crippen LogP contribution in [0.2, 0.25) is 0 Å². The van der Waals surface area contributed by atoms with Crippen LogP contribution in [0.25, 0.3) is 0 Å². The van der Waals surface area contributed by atoms with Gasteiger partial charge in [0.2, 0.25) is 0 Å². The van der Waals surface area contributed by atoms with Crippen LogP contribution < -0.4 is 0 Å². The first kappa shape index (κ1) is 22.0. The molecule has 0 saturated carbocycles. The lowest BCUT2D eigenvalue weighted by atomic mass is 10.3. The Labute approximate surface area is 102 Å². The van der Waals surface area contributed by atoms with Crippen LogP contribution in [0.1, 0.15) is 0 Å². The predicted octanol–water partition coefficient (Wildman–Crippen LogP) is -2.78. The van der Waals surface area contributed by atoms with Gasteiger partial charge in [0.1, 0.15) is 0 Å². The molecular weight excluding hydrogens is 235 g/mol. The molecule has 0 aromatic carbocycles. The lowest BCUT2D eigenvalue weighted by Crippen LogP contribution is -2.09. The molecule has 0 amide bonds. The average Bonchev–Trinajstić information content (AvgIpc) is 2.24. The van der Waals surface area contributed by atoms with E-state index >= 15 is 0 Å². The van der Waals surface area contributed by atoms with Crippen molar-refractivity contribution in [1.82, 2.24) is 0 Å². The van der Waals surface area contributed by atoms with Gasteiger partial charge in [-0.1, -0.05) is 0 Å². The fraction of sp³-hybridized carbons (Fsp3) is 1.00. The van der Waals surface area contributed by atoms with Crippen LogP contribution in [0.5, 0.6) is 0 Å². The molecule has 0 aliphatic rings. The summed E-state index contributed by atoms with van der Waals surface area (Å²) < 4.78 is 14.0. The summed E-state index contributed by atoms with van der Waals surface area (Å²) in [5.74, 6) is 0. The molecule has 9 heteroatoms. The number of ether oxygens (including phenoxy) is 3. The van der Waals surface area contributed by atoms with Crippen molar-refractivity contribution in [1.29, 1.82) is 0 Å². The number of hydrogen-bond donors (Lipinski definition) is 5. The summed E-state index contributed by atoms with van der Waals surface area (Å²) in [6.45, 7) is 1.73. The molecular formula is C8H23BO8. The fourth-order valence-corrected chi connectivity index (χ4v) is 0.451. The maximum atomic E-state index is 8.26. The summed E-state index contributed by atoms with van der Waals surface area (Å²) in [7, 11) is 1.08. The van der Waals surface area contributed by atoms with E-state index in [1.165, 1.54) is 0 Å². The molecule has 0 aromatic rings. The Hall–Kier alpha value is -0.255. The van der Waals surface area contributed by atoms with Gasteiger partial charge < -0.3 is 39.5 Å². The van der Waals surface area contributed by atoms with Crippen LogP contribution in [0, 0.1) is 0 Å². The van der Waals surface area contributed by atoms with Gasteiger partial charge in [0.25, 0.3) is 0 Å². The van der Waals surface area contributed by atoms with Gasteiger partial charge in [0, 0.05) is 14.2 Å². The van der Waals surface area contributed by atoms with E-state index in [0.29, 0.717) is 26.4 Å². The second-order valence-electron chi connectivity index (χ2n) is 2.43. The van der Waals surface area contributed by atoms with Gasteiger partial charge >= 0.3 is 7.32 Å². The molecule has 5 N–H and O–H groups in total. The number of aliphatic hydroxyl groups is 2. The van der Waals surface area contributed by atoms with Crippen LogP contribution in [0.4, 0.5) is 0 Å². The van der Waals surface area contributed by atoms with Crippen LogP contribution in [-0.4, -0.2) is 86.5 Å². The summed E-state index contributed by atoms with van der Waals surface area (Å²) in [5, 5.41) is 38.0. The van der Waals surface area contributed by atoms with E-state index in [0.717, 1.165) is 0 Å². The number of hydrogen-bond acceptors (Lipinski definition) is 8. The number of methoxy groups -OCH3 is 1. The number of rotatable bonds is 7. The van der Waals surface area contributed by atoms with Gasteiger partial charge in [-0.3, -0.25) is 0 Å². The van der Waals surface area contributed by atoms with Crippen LogP contribution in [0.15, 0.2) is 0 Å². The second-order valence-corrected chi connectivity index (χ2v) is 2.43. The first-order valence-corrected chi connectivity index (χ1v) is 4.88. The summed E-state index contributed by atoms with van der Waals surface area (Å²) in [5.41, 5.74) is 0. The molecule has 0 bridgehead atoms. The number of aliphatic hydroxyl groups excluding tert-OH is 2. The minimum absolute atomic E-state index is 0.0417. The lowest BCUT2D eigenvalue weighted by Gasteiger charge is -2.01. The van der Waals surface area contributed by atoms with Crippen molar-refractivity contribution in [2.75, 3.05) is 53.9 Å². The first-order valence-electron chi connectivity index (χ1n) is 4.88. The van der Waals surface area contributed by atoms with E-state index in [1.54, 1.807) is 14.2 Å². The van der Waals surface area contributed by atoms with Crippen LogP contribution in [0.3, 0.4) is 0 Å². The highest BCUT2D eigenvalue weighted by atomic mass is 16.5. The zero-order chi connectivity index (χ0) is 13.9. The minimum Gasteiger partial charge on any atom is -0.402 e. The quantitative estimate of drug-likeness (QED) is 0.245. The van der Waals surface area contributed by atoms with Crippen molar-refractivity contribution in [2.45, 2.75) is 0 Å².